The highest BCUT2D eigenvalue weighted by Gasteiger charge is 2.27. The van der Waals surface area contributed by atoms with Crippen molar-refractivity contribution in [3.63, 3.8) is 0 Å². The van der Waals surface area contributed by atoms with Crippen molar-refractivity contribution in [3.8, 4) is 0 Å². The normalized spacial score (nSPS) is 20.3. The number of H-pyrrole nitrogens is 1. The van der Waals surface area contributed by atoms with E-state index in [-0.39, 0.29) is 0 Å². The number of carbonyl (C=O) groups excluding carboxylic acids is 1. The van der Waals surface area contributed by atoms with Crippen LogP contribution in [0.1, 0.15) is 32.6 Å². The molecule has 1 amide bonds. The second-order valence-electron chi connectivity index (χ2n) is 8.12. The second kappa shape index (κ2) is 7.84. The Balaban J connectivity index is 1.31. The summed E-state index contributed by atoms with van der Waals surface area (Å²) >= 11 is 0. The van der Waals surface area contributed by atoms with Gasteiger partial charge < -0.3 is 14.8 Å². The van der Waals surface area contributed by atoms with E-state index in [4.69, 9.17) is 0 Å². The van der Waals surface area contributed by atoms with Crippen LogP contribution in [0.4, 0.5) is 5.82 Å². The van der Waals surface area contributed by atoms with Gasteiger partial charge in [-0.15, -0.1) is 0 Å². The van der Waals surface area contributed by atoms with Gasteiger partial charge >= 0.3 is 0 Å². The number of rotatable bonds is 4. The molecule has 0 aromatic carbocycles. The molecule has 4 heterocycles. The number of anilines is 1. The number of amides is 1. The van der Waals surface area contributed by atoms with E-state index in [2.05, 4.69) is 43.6 Å². The fraction of sp³-hybridized carbons (Fsp3) is 0.650. The number of carbonyl (C=O) groups is 1. The minimum absolute atomic E-state index is 0.304. The van der Waals surface area contributed by atoms with Crippen molar-refractivity contribution in [2.24, 2.45) is 5.92 Å². The summed E-state index contributed by atoms with van der Waals surface area (Å²) in [4.78, 5) is 31.2. The van der Waals surface area contributed by atoms with Crippen LogP contribution < -0.4 is 4.90 Å². The van der Waals surface area contributed by atoms with Gasteiger partial charge in [-0.05, 0) is 37.7 Å². The molecule has 0 spiro atoms. The van der Waals surface area contributed by atoms with Crippen LogP contribution >= 0.6 is 0 Å². The first-order valence-corrected chi connectivity index (χ1v) is 10.1. The monoisotopic (exact) mass is 370 g/mol. The van der Waals surface area contributed by atoms with Gasteiger partial charge in [0.2, 0.25) is 5.91 Å². The third kappa shape index (κ3) is 3.93. The maximum atomic E-state index is 12.6. The first-order valence-electron chi connectivity index (χ1n) is 10.1. The predicted molar refractivity (Wildman–Crippen MR) is 107 cm³/mol. The van der Waals surface area contributed by atoms with E-state index in [0.717, 1.165) is 74.6 Å². The molecule has 7 heteroatoms. The minimum Gasteiger partial charge on any atom is -0.356 e. The molecule has 0 aliphatic carbocycles. The third-order valence-corrected chi connectivity index (χ3v) is 6.27. The van der Waals surface area contributed by atoms with Crippen molar-refractivity contribution >= 4 is 22.8 Å². The van der Waals surface area contributed by atoms with E-state index in [1.807, 2.05) is 12.3 Å². The zero-order valence-electron chi connectivity index (χ0n) is 16.4. The molecule has 7 nitrogen and oxygen atoms in total. The number of hydrogen-bond donors (Lipinski definition) is 1. The lowest BCUT2D eigenvalue weighted by Gasteiger charge is -2.38. The van der Waals surface area contributed by atoms with E-state index in [1.54, 1.807) is 6.33 Å². The quantitative estimate of drug-likeness (QED) is 0.893. The van der Waals surface area contributed by atoms with E-state index >= 15 is 0 Å². The van der Waals surface area contributed by atoms with Crippen molar-refractivity contribution in [2.45, 2.75) is 38.6 Å². The fourth-order valence-corrected chi connectivity index (χ4v) is 4.33. The molecule has 2 aromatic heterocycles. The van der Waals surface area contributed by atoms with E-state index in [9.17, 15) is 4.79 Å². The zero-order valence-corrected chi connectivity index (χ0v) is 16.4. The van der Waals surface area contributed by atoms with Gasteiger partial charge in [0.25, 0.3) is 0 Å². The largest absolute Gasteiger partial charge is 0.356 e. The summed E-state index contributed by atoms with van der Waals surface area (Å²) in [5.41, 5.74) is 0.880. The molecule has 2 aliphatic rings. The van der Waals surface area contributed by atoms with Crippen molar-refractivity contribution in [1.29, 1.82) is 0 Å². The Kier molecular flexibility index (Phi) is 5.29. The molecule has 1 N–H and O–H groups in total. The summed E-state index contributed by atoms with van der Waals surface area (Å²) in [5, 5.41) is 1.07. The van der Waals surface area contributed by atoms with Crippen molar-refractivity contribution < 1.29 is 4.79 Å². The summed E-state index contributed by atoms with van der Waals surface area (Å²) in [6, 6.07) is 2.48. The van der Waals surface area contributed by atoms with Crippen LogP contribution in [-0.2, 0) is 4.79 Å². The van der Waals surface area contributed by atoms with Gasteiger partial charge in [0.15, 0.2) is 0 Å². The van der Waals surface area contributed by atoms with Gasteiger partial charge in [0, 0.05) is 45.5 Å². The maximum absolute atomic E-state index is 12.6. The SMILES string of the molecule is CC1CCN(C(=O)CN2CCC(N(C)c3ncnc4[nH]ccc34)CC2)CC1. The Bertz CT molecular complexity index is 774. The van der Waals surface area contributed by atoms with Crippen LogP contribution in [0.5, 0.6) is 0 Å². The molecule has 2 aromatic rings. The lowest BCUT2D eigenvalue weighted by atomic mass is 9.99. The number of nitrogens with one attached hydrogen (secondary N) is 1. The smallest absolute Gasteiger partial charge is 0.236 e. The highest BCUT2D eigenvalue weighted by atomic mass is 16.2. The maximum Gasteiger partial charge on any atom is 0.236 e. The number of hydrogen-bond acceptors (Lipinski definition) is 5. The summed E-state index contributed by atoms with van der Waals surface area (Å²) in [5.74, 6) is 2.05. The lowest BCUT2D eigenvalue weighted by Crippen LogP contribution is -2.48. The molecule has 0 atom stereocenters. The van der Waals surface area contributed by atoms with Crippen LogP contribution in [0, 0.1) is 5.92 Å². The van der Waals surface area contributed by atoms with Crippen molar-refractivity contribution in [3.05, 3.63) is 18.6 Å². The van der Waals surface area contributed by atoms with Crippen LogP contribution in [-0.4, -0.2) is 76.5 Å². The van der Waals surface area contributed by atoms with Gasteiger partial charge in [0.1, 0.15) is 17.8 Å². The Morgan fingerprint density at radius 2 is 1.93 bits per heavy atom. The number of aromatic amines is 1. The average molecular weight is 371 g/mol. The van der Waals surface area contributed by atoms with Gasteiger partial charge in [0.05, 0.1) is 11.9 Å². The molecular weight excluding hydrogens is 340 g/mol. The Labute approximate surface area is 160 Å². The molecular formula is C20H30N6O. The number of likely N-dealkylation sites (tertiary alicyclic amines) is 2. The van der Waals surface area contributed by atoms with E-state index in [0.29, 0.717) is 18.5 Å². The van der Waals surface area contributed by atoms with E-state index in [1.165, 1.54) is 0 Å². The molecule has 4 rings (SSSR count). The third-order valence-electron chi connectivity index (χ3n) is 6.27. The van der Waals surface area contributed by atoms with Gasteiger partial charge in [-0.1, -0.05) is 6.92 Å². The molecule has 0 radical (unpaired) electrons. The molecule has 0 unspecified atom stereocenters. The Morgan fingerprint density at radius 1 is 1.19 bits per heavy atom. The zero-order chi connectivity index (χ0) is 18.8. The van der Waals surface area contributed by atoms with Crippen molar-refractivity contribution in [1.82, 2.24) is 24.8 Å². The Hall–Kier alpha value is -2.15. The van der Waals surface area contributed by atoms with Crippen LogP contribution in [0.25, 0.3) is 11.0 Å². The fourth-order valence-electron chi connectivity index (χ4n) is 4.33. The summed E-state index contributed by atoms with van der Waals surface area (Å²) in [6.07, 6.45) is 7.92. The van der Waals surface area contributed by atoms with Crippen molar-refractivity contribution in [2.75, 3.05) is 44.7 Å². The number of nitrogens with zero attached hydrogens (tertiary/aromatic N) is 5. The Morgan fingerprint density at radius 3 is 2.67 bits per heavy atom. The molecule has 27 heavy (non-hydrogen) atoms. The summed E-state index contributed by atoms with van der Waals surface area (Å²) < 4.78 is 0. The molecule has 2 aliphatic heterocycles. The van der Waals surface area contributed by atoms with Gasteiger partial charge in [-0.2, -0.15) is 0 Å². The molecule has 2 fully saturated rings. The van der Waals surface area contributed by atoms with Gasteiger partial charge in [-0.25, -0.2) is 9.97 Å². The molecule has 0 bridgehead atoms. The number of fused-ring (bicyclic) bond motifs is 1. The van der Waals surface area contributed by atoms with Crippen LogP contribution in [0.3, 0.4) is 0 Å². The number of aromatic nitrogens is 3. The molecule has 0 saturated carbocycles. The van der Waals surface area contributed by atoms with Gasteiger partial charge in [-0.3, -0.25) is 9.69 Å². The van der Waals surface area contributed by atoms with Crippen LogP contribution in [0.2, 0.25) is 0 Å². The minimum atomic E-state index is 0.304. The predicted octanol–water partition coefficient (Wildman–Crippen LogP) is 2.12. The molecule has 2 saturated heterocycles. The highest BCUT2D eigenvalue weighted by Crippen LogP contribution is 2.26. The average Bonchev–Trinajstić information content (AvgIpc) is 3.17. The topological polar surface area (TPSA) is 68.4 Å². The standard InChI is InChI=1S/C20H30N6O/c1-15-4-11-26(12-5-15)18(27)13-25-9-6-16(7-10-25)24(2)20-17-3-8-21-19(17)22-14-23-20/h3,8,14-16H,4-7,9-13H2,1-2H3,(H,21,22,23). The first kappa shape index (κ1) is 18.2. The van der Waals surface area contributed by atoms with Crippen LogP contribution in [0.15, 0.2) is 18.6 Å². The number of piperidine rings is 2. The summed E-state index contributed by atoms with van der Waals surface area (Å²) in [6.45, 7) is 6.64. The van der Waals surface area contributed by atoms with E-state index < -0.39 is 0 Å². The molecule has 146 valence electrons. The summed E-state index contributed by atoms with van der Waals surface area (Å²) in [7, 11) is 2.12. The lowest BCUT2D eigenvalue weighted by molar-refractivity contribution is -0.134. The second-order valence-corrected chi connectivity index (χ2v) is 8.12. The first-order chi connectivity index (χ1) is 13.1. The highest BCUT2D eigenvalue weighted by molar-refractivity contribution is 5.87.